The van der Waals surface area contributed by atoms with Crippen LogP contribution in [0.4, 0.5) is 5.69 Å². The summed E-state index contributed by atoms with van der Waals surface area (Å²) in [5.41, 5.74) is 2.71. The monoisotopic (exact) mass is 456 g/mol. The molecule has 1 aliphatic carbocycles. The molecule has 2 aromatic rings. The molecule has 0 spiro atoms. The van der Waals surface area contributed by atoms with Crippen molar-refractivity contribution >= 4 is 21.6 Å². The number of hydrogen-bond acceptors (Lipinski definition) is 4. The number of nitrogens with one attached hydrogen (secondary N) is 1. The maximum atomic E-state index is 13.0. The number of hydrogen-bond donors (Lipinski definition) is 1. The summed E-state index contributed by atoms with van der Waals surface area (Å²) in [4.78, 5) is 13.3. The second-order valence-electron chi connectivity index (χ2n) is 8.93. The zero-order valence-electron chi connectivity index (χ0n) is 18.8. The Kier molecular flexibility index (Phi) is 6.86. The number of piperidine rings is 1. The summed E-state index contributed by atoms with van der Waals surface area (Å²) in [5, 5.41) is 3.02. The first kappa shape index (κ1) is 22.8. The van der Waals surface area contributed by atoms with Gasteiger partial charge in [-0.05, 0) is 87.8 Å². The Balaban J connectivity index is 1.37. The lowest BCUT2D eigenvalue weighted by Gasteiger charge is -2.30. The fourth-order valence-corrected chi connectivity index (χ4v) is 6.03. The van der Waals surface area contributed by atoms with Crippen molar-refractivity contribution in [2.75, 3.05) is 18.4 Å². The zero-order chi connectivity index (χ0) is 22.7. The molecule has 2 aromatic carbocycles. The van der Waals surface area contributed by atoms with Crippen molar-refractivity contribution in [2.45, 2.75) is 63.4 Å². The summed E-state index contributed by atoms with van der Waals surface area (Å²) < 4.78 is 33.7. The average molecular weight is 457 g/mol. The maximum absolute atomic E-state index is 13.0. The van der Waals surface area contributed by atoms with E-state index in [0.29, 0.717) is 42.3 Å². The van der Waals surface area contributed by atoms with Crippen molar-refractivity contribution in [1.29, 1.82) is 0 Å². The van der Waals surface area contributed by atoms with E-state index in [1.54, 1.807) is 12.1 Å². The van der Waals surface area contributed by atoms with Crippen LogP contribution in [0.3, 0.4) is 0 Å². The molecule has 0 radical (unpaired) electrons. The molecule has 32 heavy (non-hydrogen) atoms. The number of carbonyl (C=O) groups is 1. The number of benzene rings is 2. The highest BCUT2D eigenvalue weighted by molar-refractivity contribution is 7.89. The quantitative estimate of drug-likeness (QED) is 0.686. The van der Waals surface area contributed by atoms with Crippen LogP contribution >= 0.6 is 0 Å². The van der Waals surface area contributed by atoms with E-state index in [1.165, 1.54) is 17.1 Å². The Morgan fingerprint density at radius 1 is 0.969 bits per heavy atom. The van der Waals surface area contributed by atoms with E-state index in [9.17, 15) is 13.2 Å². The molecule has 7 heteroatoms. The molecule has 0 bridgehead atoms. The minimum absolute atomic E-state index is 0.0734. The molecule has 172 valence electrons. The Bertz CT molecular complexity index is 1070. The second kappa shape index (κ2) is 9.63. The summed E-state index contributed by atoms with van der Waals surface area (Å²) in [7, 11) is -3.55. The number of amides is 1. The normalized spacial score (nSPS) is 18.6. The molecule has 1 amide bonds. The number of nitrogens with zero attached hydrogens (tertiary/aromatic N) is 1. The van der Waals surface area contributed by atoms with Crippen LogP contribution in [-0.2, 0) is 14.8 Å². The summed E-state index contributed by atoms with van der Waals surface area (Å²) in [5.74, 6) is 0.416. The fraction of sp³-hybridized carbons (Fsp3) is 0.480. The van der Waals surface area contributed by atoms with Crippen molar-refractivity contribution in [3.05, 3.63) is 53.6 Å². The van der Waals surface area contributed by atoms with Gasteiger partial charge >= 0.3 is 0 Å². The van der Waals surface area contributed by atoms with Gasteiger partial charge in [0.05, 0.1) is 16.7 Å². The Labute approximate surface area is 191 Å². The molecule has 0 aromatic heterocycles. The average Bonchev–Trinajstić information content (AvgIpc) is 3.30. The lowest BCUT2D eigenvalue weighted by molar-refractivity contribution is -0.120. The van der Waals surface area contributed by atoms with Gasteiger partial charge in [-0.1, -0.05) is 18.2 Å². The molecular weight excluding hydrogens is 424 g/mol. The summed E-state index contributed by atoms with van der Waals surface area (Å²) in [6, 6.07) is 12.8. The van der Waals surface area contributed by atoms with Crippen LogP contribution in [0.1, 0.15) is 49.7 Å². The van der Waals surface area contributed by atoms with E-state index < -0.39 is 10.0 Å². The fourth-order valence-electron chi connectivity index (χ4n) is 4.48. The number of aryl methyl sites for hydroxylation is 2. The molecule has 1 aliphatic heterocycles. The predicted octanol–water partition coefficient (Wildman–Crippen LogP) is 4.66. The topological polar surface area (TPSA) is 75.7 Å². The van der Waals surface area contributed by atoms with Gasteiger partial charge in [0.1, 0.15) is 5.75 Å². The standard InChI is InChI=1S/C25H32N2O4S/c1-18-11-12-22(17-19(18)2)32(29,30)27-15-13-20(14-16-27)25(28)26-23-9-5-6-10-24(23)31-21-7-3-4-8-21/h5-6,9-12,17,20-21H,3-4,7-8,13-16H2,1-2H3,(H,26,28). The largest absolute Gasteiger partial charge is 0.488 e. The van der Waals surface area contributed by atoms with Gasteiger partial charge in [0.2, 0.25) is 15.9 Å². The van der Waals surface area contributed by atoms with Gasteiger partial charge in [-0.15, -0.1) is 0 Å². The summed E-state index contributed by atoms with van der Waals surface area (Å²) in [6.45, 7) is 4.56. The van der Waals surface area contributed by atoms with Crippen LogP contribution < -0.4 is 10.1 Å². The molecule has 0 unspecified atom stereocenters. The van der Waals surface area contributed by atoms with Gasteiger partial charge in [-0.2, -0.15) is 4.31 Å². The van der Waals surface area contributed by atoms with E-state index in [1.807, 2.05) is 44.2 Å². The van der Waals surface area contributed by atoms with Crippen LogP contribution in [-0.4, -0.2) is 37.8 Å². The van der Waals surface area contributed by atoms with Crippen molar-refractivity contribution < 1.29 is 17.9 Å². The van der Waals surface area contributed by atoms with Gasteiger partial charge < -0.3 is 10.1 Å². The Hall–Kier alpha value is -2.38. The maximum Gasteiger partial charge on any atom is 0.243 e. The number of rotatable bonds is 6. The summed E-state index contributed by atoms with van der Waals surface area (Å²) >= 11 is 0. The van der Waals surface area contributed by atoms with Gasteiger partial charge in [0.15, 0.2) is 0 Å². The highest BCUT2D eigenvalue weighted by Crippen LogP contribution is 2.31. The molecule has 0 atom stereocenters. The van der Waals surface area contributed by atoms with E-state index in [4.69, 9.17) is 4.74 Å². The van der Waals surface area contributed by atoms with Crippen LogP contribution in [0.25, 0.3) is 0 Å². The highest BCUT2D eigenvalue weighted by Gasteiger charge is 2.32. The van der Waals surface area contributed by atoms with Crippen LogP contribution in [0.2, 0.25) is 0 Å². The molecule has 1 heterocycles. The van der Waals surface area contributed by atoms with Crippen molar-refractivity contribution in [3.8, 4) is 5.75 Å². The third-order valence-corrected chi connectivity index (χ3v) is 8.58. The van der Waals surface area contributed by atoms with Crippen molar-refractivity contribution in [1.82, 2.24) is 4.31 Å². The van der Waals surface area contributed by atoms with Gasteiger partial charge in [-0.3, -0.25) is 4.79 Å². The Morgan fingerprint density at radius 2 is 1.66 bits per heavy atom. The van der Waals surface area contributed by atoms with E-state index in [-0.39, 0.29) is 17.9 Å². The molecule has 2 fully saturated rings. The van der Waals surface area contributed by atoms with E-state index >= 15 is 0 Å². The molecule has 2 aliphatic rings. The molecule has 1 saturated carbocycles. The number of para-hydroxylation sites is 2. The lowest BCUT2D eigenvalue weighted by Crippen LogP contribution is -2.41. The molecule has 1 saturated heterocycles. The van der Waals surface area contributed by atoms with Crippen LogP contribution in [0.5, 0.6) is 5.75 Å². The Morgan fingerprint density at radius 3 is 2.34 bits per heavy atom. The molecule has 6 nitrogen and oxygen atoms in total. The first-order chi connectivity index (χ1) is 15.3. The van der Waals surface area contributed by atoms with Crippen molar-refractivity contribution in [3.63, 3.8) is 0 Å². The molecule has 4 rings (SSSR count). The molecular formula is C25H32N2O4S. The predicted molar refractivity (Wildman–Crippen MR) is 125 cm³/mol. The van der Waals surface area contributed by atoms with Crippen LogP contribution in [0, 0.1) is 19.8 Å². The number of sulfonamides is 1. The summed E-state index contributed by atoms with van der Waals surface area (Å²) in [6.07, 6.45) is 5.69. The smallest absolute Gasteiger partial charge is 0.243 e. The first-order valence-corrected chi connectivity index (χ1v) is 12.9. The third kappa shape index (κ3) is 4.99. The zero-order valence-corrected chi connectivity index (χ0v) is 19.7. The third-order valence-electron chi connectivity index (χ3n) is 6.68. The molecule has 1 N–H and O–H groups in total. The second-order valence-corrected chi connectivity index (χ2v) is 10.9. The number of ether oxygens (including phenoxy) is 1. The van der Waals surface area contributed by atoms with Crippen molar-refractivity contribution in [2.24, 2.45) is 5.92 Å². The van der Waals surface area contributed by atoms with E-state index in [2.05, 4.69) is 5.32 Å². The SMILES string of the molecule is Cc1ccc(S(=O)(=O)N2CCC(C(=O)Nc3ccccc3OC3CCCC3)CC2)cc1C. The lowest BCUT2D eigenvalue weighted by atomic mass is 9.97. The minimum atomic E-state index is -3.55. The highest BCUT2D eigenvalue weighted by atomic mass is 32.2. The van der Waals surface area contributed by atoms with Crippen LogP contribution in [0.15, 0.2) is 47.4 Å². The number of carbonyl (C=O) groups excluding carboxylic acids is 1. The first-order valence-electron chi connectivity index (χ1n) is 11.5. The number of anilines is 1. The van der Waals surface area contributed by atoms with Gasteiger partial charge in [0, 0.05) is 19.0 Å². The minimum Gasteiger partial charge on any atom is -0.488 e. The van der Waals surface area contributed by atoms with Gasteiger partial charge in [-0.25, -0.2) is 8.42 Å². The van der Waals surface area contributed by atoms with E-state index in [0.717, 1.165) is 24.0 Å². The van der Waals surface area contributed by atoms with Gasteiger partial charge in [0.25, 0.3) is 0 Å².